The number of nitrogens with zero attached hydrogens (tertiary/aromatic N) is 1. The van der Waals surface area contributed by atoms with Crippen molar-refractivity contribution in [1.82, 2.24) is 0 Å². The summed E-state index contributed by atoms with van der Waals surface area (Å²) in [6.45, 7) is 8.53. The Bertz CT molecular complexity index is 1100. The Balaban J connectivity index is 2.11. The van der Waals surface area contributed by atoms with Crippen LogP contribution in [0, 0.1) is 20.8 Å². The van der Waals surface area contributed by atoms with Gasteiger partial charge in [-0.1, -0.05) is 41.8 Å². The standard InChI is InChI=1S/C24H25NO2S2/c1-13-6-8-17(9-7-13)21-15(3)22-23(14(2)19(21)12-20(26)27)25(28-5)16(4)18-10-11-29-24(18)22/h6-11,16H,12H2,1-5H3,(H,26,27)/t16-/m0/s1. The lowest BCUT2D eigenvalue weighted by atomic mass is 9.82. The molecular formula is C24H25NO2S2. The van der Waals surface area contributed by atoms with Crippen LogP contribution < -0.4 is 4.31 Å². The Labute approximate surface area is 180 Å². The van der Waals surface area contributed by atoms with Crippen molar-refractivity contribution in [1.29, 1.82) is 0 Å². The lowest BCUT2D eigenvalue weighted by Gasteiger charge is -2.38. The van der Waals surface area contributed by atoms with Gasteiger partial charge in [0.1, 0.15) is 0 Å². The Morgan fingerprint density at radius 1 is 1.10 bits per heavy atom. The van der Waals surface area contributed by atoms with Gasteiger partial charge in [0.15, 0.2) is 0 Å². The fourth-order valence-corrected chi connectivity index (χ4v) is 6.44. The van der Waals surface area contributed by atoms with Gasteiger partial charge in [-0.05, 0) is 72.5 Å². The number of aliphatic carboxylic acids is 1. The van der Waals surface area contributed by atoms with E-state index >= 15 is 0 Å². The molecule has 0 saturated heterocycles. The Kier molecular flexibility index (Phi) is 5.21. The van der Waals surface area contributed by atoms with Gasteiger partial charge in [-0.25, -0.2) is 0 Å². The van der Waals surface area contributed by atoms with Crippen LogP contribution in [0.3, 0.4) is 0 Å². The van der Waals surface area contributed by atoms with Crippen LogP contribution in [0.25, 0.3) is 21.6 Å². The number of carboxylic acid groups (broad SMARTS) is 1. The fourth-order valence-electron chi connectivity index (χ4n) is 4.50. The molecule has 1 aromatic heterocycles. The first-order chi connectivity index (χ1) is 13.8. The second kappa shape index (κ2) is 7.54. The molecule has 0 amide bonds. The first kappa shape index (κ1) is 20.0. The minimum atomic E-state index is -0.794. The molecule has 0 unspecified atom stereocenters. The van der Waals surface area contributed by atoms with Gasteiger partial charge in [-0.15, -0.1) is 11.3 Å². The molecule has 29 heavy (non-hydrogen) atoms. The number of fused-ring (bicyclic) bond motifs is 3. The quantitative estimate of drug-likeness (QED) is 0.469. The number of benzene rings is 2. The predicted octanol–water partition coefficient (Wildman–Crippen LogP) is 6.79. The number of carboxylic acids is 1. The molecule has 0 radical (unpaired) electrons. The van der Waals surface area contributed by atoms with Crippen molar-refractivity contribution in [2.75, 3.05) is 10.6 Å². The number of carbonyl (C=O) groups is 1. The zero-order chi connectivity index (χ0) is 20.9. The number of anilines is 1. The van der Waals surface area contributed by atoms with Gasteiger partial charge in [-0.2, -0.15) is 0 Å². The SMILES string of the molecule is CSN1c2c(C)c(CC(=O)O)c(-c3ccc(C)cc3)c(C)c2-c2sccc2[C@@H]1C. The highest BCUT2D eigenvalue weighted by Crippen LogP contribution is 2.54. The predicted molar refractivity (Wildman–Crippen MR) is 125 cm³/mol. The monoisotopic (exact) mass is 423 g/mol. The van der Waals surface area contributed by atoms with E-state index in [1.54, 1.807) is 23.3 Å². The Morgan fingerprint density at radius 3 is 2.41 bits per heavy atom. The van der Waals surface area contributed by atoms with Crippen LogP contribution in [0.5, 0.6) is 0 Å². The van der Waals surface area contributed by atoms with Crippen molar-refractivity contribution in [2.24, 2.45) is 0 Å². The highest BCUT2D eigenvalue weighted by molar-refractivity contribution is 8.00. The largest absolute Gasteiger partial charge is 0.481 e. The number of thiophene rings is 1. The molecule has 1 aliphatic rings. The van der Waals surface area contributed by atoms with Crippen LogP contribution in [0.1, 0.15) is 40.8 Å². The van der Waals surface area contributed by atoms with Crippen molar-refractivity contribution in [3.8, 4) is 21.6 Å². The number of hydrogen-bond donors (Lipinski definition) is 1. The molecule has 4 rings (SSSR count). The smallest absolute Gasteiger partial charge is 0.307 e. The van der Waals surface area contributed by atoms with Gasteiger partial charge in [0, 0.05) is 16.7 Å². The Hall–Kier alpha value is -2.24. The van der Waals surface area contributed by atoms with Crippen LogP contribution in [0.2, 0.25) is 0 Å². The molecule has 1 N–H and O–H groups in total. The number of aryl methyl sites for hydroxylation is 1. The minimum absolute atomic E-state index is 0.0249. The molecule has 3 aromatic rings. The molecule has 150 valence electrons. The zero-order valence-electron chi connectivity index (χ0n) is 17.4. The molecule has 1 aliphatic heterocycles. The molecule has 0 spiro atoms. The lowest BCUT2D eigenvalue weighted by molar-refractivity contribution is -0.136. The lowest BCUT2D eigenvalue weighted by Crippen LogP contribution is -2.25. The van der Waals surface area contributed by atoms with E-state index in [2.05, 4.69) is 74.0 Å². The van der Waals surface area contributed by atoms with Gasteiger partial charge in [-0.3, -0.25) is 4.79 Å². The van der Waals surface area contributed by atoms with Gasteiger partial charge in [0.05, 0.1) is 18.2 Å². The maximum Gasteiger partial charge on any atom is 0.307 e. The van der Waals surface area contributed by atoms with Crippen molar-refractivity contribution in [2.45, 2.75) is 40.2 Å². The molecule has 2 heterocycles. The van der Waals surface area contributed by atoms with E-state index in [0.29, 0.717) is 0 Å². The van der Waals surface area contributed by atoms with Crippen molar-refractivity contribution < 1.29 is 9.90 Å². The molecule has 0 bridgehead atoms. The Morgan fingerprint density at radius 2 is 1.79 bits per heavy atom. The van der Waals surface area contributed by atoms with Crippen LogP contribution in [-0.4, -0.2) is 17.3 Å². The summed E-state index contributed by atoms with van der Waals surface area (Å²) in [5.74, 6) is -0.794. The first-order valence-electron chi connectivity index (χ1n) is 9.71. The van der Waals surface area contributed by atoms with E-state index in [9.17, 15) is 9.90 Å². The average molecular weight is 424 g/mol. The van der Waals surface area contributed by atoms with Crippen molar-refractivity contribution >= 4 is 34.9 Å². The maximum absolute atomic E-state index is 11.8. The number of hydrogen-bond acceptors (Lipinski definition) is 4. The molecular weight excluding hydrogens is 398 g/mol. The molecule has 0 aliphatic carbocycles. The maximum atomic E-state index is 11.8. The molecule has 0 fully saturated rings. The summed E-state index contributed by atoms with van der Waals surface area (Å²) in [6, 6.07) is 10.9. The van der Waals surface area contributed by atoms with E-state index in [0.717, 1.165) is 22.3 Å². The van der Waals surface area contributed by atoms with E-state index in [-0.39, 0.29) is 12.5 Å². The third-order valence-electron chi connectivity index (χ3n) is 5.91. The third-order valence-corrected chi connectivity index (χ3v) is 7.75. The van der Waals surface area contributed by atoms with Gasteiger partial charge in [0.2, 0.25) is 0 Å². The van der Waals surface area contributed by atoms with E-state index < -0.39 is 5.97 Å². The van der Waals surface area contributed by atoms with Crippen molar-refractivity contribution in [3.05, 3.63) is 63.5 Å². The van der Waals surface area contributed by atoms with E-state index in [1.165, 1.54) is 32.8 Å². The summed E-state index contributed by atoms with van der Waals surface area (Å²) >= 11 is 3.49. The van der Waals surface area contributed by atoms with Crippen LogP contribution in [0.15, 0.2) is 35.7 Å². The molecule has 2 aromatic carbocycles. The second-order valence-corrected chi connectivity index (χ2v) is 9.33. The summed E-state index contributed by atoms with van der Waals surface area (Å²) in [7, 11) is 0. The highest BCUT2D eigenvalue weighted by atomic mass is 32.2. The van der Waals surface area contributed by atoms with Crippen LogP contribution in [0.4, 0.5) is 5.69 Å². The average Bonchev–Trinajstić information content (AvgIpc) is 3.17. The van der Waals surface area contributed by atoms with Crippen molar-refractivity contribution in [3.63, 3.8) is 0 Å². The summed E-state index contributed by atoms with van der Waals surface area (Å²) in [4.78, 5) is 13.1. The summed E-state index contributed by atoms with van der Waals surface area (Å²) in [6.07, 6.45) is 2.12. The number of rotatable bonds is 4. The van der Waals surface area contributed by atoms with Crippen LogP contribution >= 0.6 is 23.3 Å². The topological polar surface area (TPSA) is 40.5 Å². The third kappa shape index (κ3) is 3.17. The van der Waals surface area contributed by atoms with Gasteiger partial charge in [0.25, 0.3) is 0 Å². The fraction of sp³-hybridized carbons (Fsp3) is 0.292. The first-order valence-corrected chi connectivity index (χ1v) is 11.8. The van der Waals surface area contributed by atoms with Gasteiger partial charge >= 0.3 is 5.97 Å². The molecule has 3 nitrogen and oxygen atoms in total. The minimum Gasteiger partial charge on any atom is -0.481 e. The van der Waals surface area contributed by atoms with Gasteiger partial charge < -0.3 is 9.41 Å². The summed E-state index contributed by atoms with van der Waals surface area (Å²) in [5.41, 5.74) is 10.3. The second-order valence-electron chi connectivity index (χ2n) is 7.65. The highest BCUT2D eigenvalue weighted by Gasteiger charge is 2.34. The van der Waals surface area contributed by atoms with E-state index in [4.69, 9.17) is 0 Å². The molecule has 5 heteroatoms. The summed E-state index contributed by atoms with van der Waals surface area (Å²) in [5, 5.41) is 11.9. The summed E-state index contributed by atoms with van der Waals surface area (Å²) < 4.78 is 2.34. The van der Waals surface area contributed by atoms with Crippen LogP contribution in [-0.2, 0) is 11.2 Å². The normalized spacial score (nSPS) is 15.2. The molecule has 1 atom stereocenters. The zero-order valence-corrected chi connectivity index (χ0v) is 19.0. The molecule has 0 saturated carbocycles. The van der Waals surface area contributed by atoms with E-state index in [1.807, 2.05) is 0 Å².